The Hall–Kier alpha value is -2.11. The molecule has 6 heteroatoms. The highest BCUT2D eigenvalue weighted by Gasteiger charge is 2.25. The summed E-state index contributed by atoms with van der Waals surface area (Å²) in [6.45, 7) is 4.83. The van der Waals surface area contributed by atoms with Crippen LogP contribution in [0.5, 0.6) is 0 Å². The Morgan fingerprint density at radius 2 is 1.89 bits per heavy atom. The van der Waals surface area contributed by atoms with Crippen LogP contribution in [0.4, 0.5) is 0 Å². The third-order valence-corrected chi connectivity index (χ3v) is 2.86. The smallest absolute Gasteiger partial charge is 0.326 e. The Morgan fingerprint density at radius 3 is 2.26 bits per heavy atom. The molecule has 0 spiro atoms. The molecule has 1 aromatic rings. The van der Waals surface area contributed by atoms with Crippen LogP contribution in [0.1, 0.15) is 41.6 Å². The first-order valence-corrected chi connectivity index (χ1v) is 5.95. The minimum atomic E-state index is -1.08. The van der Waals surface area contributed by atoms with E-state index in [1.165, 1.54) is 17.6 Å². The molecule has 0 aliphatic heterocycles. The number of amides is 1. The Morgan fingerprint density at radius 1 is 1.32 bits per heavy atom. The van der Waals surface area contributed by atoms with Crippen LogP contribution in [-0.2, 0) is 11.8 Å². The van der Waals surface area contributed by atoms with Gasteiger partial charge in [0.1, 0.15) is 11.7 Å². The summed E-state index contributed by atoms with van der Waals surface area (Å²) < 4.78 is 1.51. The van der Waals surface area contributed by atoms with Gasteiger partial charge < -0.3 is 15.0 Å². The van der Waals surface area contributed by atoms with Crippen LogP contribution < -0.4 is 5.32 Å². The number of carbonyl (C=O) groups excluding carboxylic acids is 2. The largest absolute Gasteiger partial charge is 0.480 e. The number of rotatable bonds is 5. The number of carboxylic acid groups (broad SMARTS) is 1. The molecule has 1 heterocycles. The third-order valence-electron chi connectivity index (χ3n) is 2.86. The van der Waals surface area contributed by atoms with Crippen LogP contribution in [0.2, 0.25) is 0 Å². The van der Waals surface area contributed by atoms with Crippen molar-refractivity contribution in [2.24, 2.45) is 13.0 Å². The van der Waals surface area contributed by atoms with Crippen molar-refractivity contribution in [2.45, 2.75) is 26.8 Å². The molecule has 1 aromatic heterocycles. The topological polar surface area (TPSA) is 88.4 Å². The molecular formula is C13H18N2O4. The first-order valence-electron chi connectivity index (χ1n) is 5.95. The maximum absolute atomic E-state index is 12.0. The number of aliphatic carboxylic acids is 1. The molecule has 0 radical (unpaired) electrons. The fourth-order valence-electron chi connectivity index (χ4n) is 1.71. The van der Waals surface area contributed by atoms with Gasteiger partial charge in [0, 0.05) is 18.8 Å². The zero-order chi connectivity index (χ0) is 14.7. The van der Waals surface area contributed by atoms with Crippen molar-refractivity contribution in [3.05, 3.63) is 23.5 Å². The summed E-state index contributed by atoms with van der Waals surface area (Å²) in [6.07, 6.45) is 1.54. The molecule has 0 bridgehead atoms. The van der Waals surface area contributed by atoms with E-state index in [9.17, 15) is 14.4 Å². The molecule has 0 aliphatic rings. The first kappa shape index (κ1) is 14.9. The van der Waals surface area contributed by atoms with E-state index >= 15 is 0 Å². The van der Waals surface area contributed by atoms with Gasteiger partial charge in [0.15, 0.2) is 5.78 Å². The Balaban J connectivity index is 2.94. The van der Waals surface area contributed by atoms with Crippen molar-refractivity contribution in [1.82, 2.24) is 9.88 Å². The lowest BCUT2D eigenvalue weighted by Gasteiger charge is -2.17. The number of ketones is 1. The highest BCUT2D eigenvalue weighted by Crippen LogP contribution is 2.10. The number of nitrogens with one attached hydrogen (secondary N) is 1. The molecule has 1 rings (SSSR count). The van der Waals surface area contributed by atoms with E-state index in [0.29, 0.717) is 5.56 Å². The van der Waals surface area contributed by atoms with Gasteiger partial charge in [-0.2, -0.15) is 0 Å². The van der Waals surface area contributed by atoms with E-state index in [1.807, 2.05) is 0 Å². The van der Waals surface area contributed by atoms with Crippen LogP contribution in [0.25, 0.3) is 0 Å². The summed E-state index contributed by atoms with van der Waals surface area (Å²) in [5, 5.41) is 11.5. The standard InChI is InChI=1S/C13H18N2O4/c1-7(2)11(13(18)19)14-12(17)10-5-9(8(3)16)6-15(10)4/h5-7,11H,1-4H3,(H,14,17)(H,18,19). The minimum Gasteiger partial charge on any atom is -0.480 e. The fourth-order valence-corrected chi connectivity index (χ4v) is 1.71. The summed E-state index contributed by atoms with van der Waals surface area (Å²) in [5.41, 5.74) is 0.682. The van der Waals surface area contributed by atoms with Gasteiger partial charge in [-0.05, 0) is 18.9 Å². The zero-order valence-electron chi connectivity index (χ0n) is 11.4. The van der Waals surface area contributed by atoms with Gasteiger partial charge in [-0.25, -0.2) is 4.79 Å². The summed E-state index contributed by atoms with van der Waals surface area (Å²) in [6, 6.07) is 0.500. The van der Waals surface area contributed by atoms with E-state index in [-0.39, 0.29) is 17.4 Å². The molecular weight excluding hydrogens is 248 g/mol. The third kappa shape index (κ3) is 3.43. The lowest BCUT2D eigenvalue weighted by Crippen LogP contribution is -2.44. The lowest BCUT2D eigenvalue weighted by molar-refractivity contribution is -0.140. The van der Waals surface area contributed by atoms with Gasteiger partial charge in [0.2, 0.25) is 0 Å². The maximum Gasteiger partial charge on any atom is 0.326 e. The van der Waals surface area contributed by atoms with E-state index in [0.717, 1.165) is 0 Å². The van der Waals surface area contributed by atoms with Crippen molar-refractivity contribution in [2.75, 3.05) is 0 Å². The summed E-state index contributed by atoms with van der Waals surface area (Å²) >= 11 is 0. The van der Waals surface area contributed by atoms with Crippen molar-refractivity contribution < 1.29 is 19.5 Å². The van der Waals surface area contributed by atoms with Gasteiger partial charge in [0.05, 0.1) is 0 Å². The molecule has 0 saturated carbocycles. The van der Waals surface area contributed by atoms with E-state index in [2.05, 4.69) is 5.32 Å². The number of Topliss-reactive ketones (excluding diaryl/α,β-unsaturated/α-hetero) is 1. The Labute approximate surface area is 111 Å². The lowest BCUT2D eigenvalue weighted by atomic mass is 10.0. The second-order valence-corrected chi connectivity index (χ2v) is 4.81. The van der Waals surface area contributed by atoms with Gasteiger partial charge in [0.25, 0.3) is 5.91 Å². The number of carbonyl (C=O) groups is 3. The summed E-state index contributed by atoms with van der Waals surface area (Å²) in [4.78, 5) is 34.3. The number of aromatic nitrogens is 1. The van der Waals surface area contributed by atoms with E-state index < -0.39 is 17.9 Å². The van der Waals surface area contributed by atoms with Crippen LogP contribution >= 0.6 is 0 Å². The van der Waals surface area contributed by atoms with Gasteiger partial charge >= 0.3 is 5.97 Å². The first-order chi connectivity index (χ1) is 8.73. The zero-order valence-corrected chi connectivity index (χ0v) is 11.4. The molecule has 0 saturated heterocycles. The number of nitrogens with zero attached hydrogens (tertiary/aromatic N) is 1. The molecule has 1 atom stereocenters. The molecule has 0 fully saturated rings. The molecule has 1 amide bonds. The second-order valence-electron chi connectivity index (χ2n) is 4.81. The van der Waals surface area contributed by atoms with Crippen molar-refractivity contribution in [1.29, 1.82) is 0 Å². The molecule has 2 N–H and O–H groups in total. The minimum absolute atomic E-state index is 0.145. The summed E-state index contributed by atoms with van der Waals surface area (Å²) in [7, 11) is 1.63. The number of carboxylic acids is 1. The Kier molecular flexibility index (Phi) is 4.47. The van der Waals surface area contributed by atoms with Crippen LogP contribution in [0, 0.1) is 5.92 Å². The van der Waals surface area contributed by atoms with Gasteiger partial charge in [-0.15, -0.1) is 0 Å². The number of hydrogen-bond acceptors (Lipinski definition) is 3. The van der Waals surface area contributed by atoms with Crippen molar-refractivity contribution in [3.8, 4) is 0 Å². The second kappa shape index (κ2) is 5.69. The predicted molar refractivity (Wildman–Crippen MR) is 69.1 cm³/mol. The van der Waals surface area contributed by atoms with Gasteiger partial charge in [-0.1, -0.05) is 13.8 Å². The SMILES string of the molecule is CC(=O)c1cc(C(=O)NC(C(=O)O)C(C)C)n(C)c1. The molecule has 104 valence electrons. The monoisotopic (exact) mass is 266 g/mol. The maximum atomic E-state index is 12.0. The highest BCUT2D eigenvalue weighted by molar-refractivity contribution is 6.00. The average Bonchev–Trinajstić information content (AvgIpc) is 2.67. The van der Waals surface area contributed by atoms with Crippen LogP contribution in [-0.4, -0.2) is 33.4 Å². The molecule has 0 aromatic carbocycles. The fraction of sp³-hybridized carbons (Fsp3) is 0.462. The van der Waals surface area contributed by atoms with E-state index in [1.54, 1.807) is 27.1 Å². The molecule has 1 unspecified atom stereocenters. The highest BCUT2D eigenvalue weighted by atomic mass is 16.4. The quantitative estimate of drug-likeness (QED) is 0.780. The van der Waals surface area contributed by atoms with Crippen molar-refractivity contribution in [3.63, 3.8) is 0 Å². The molecule has 19 heavy (non-hydrogen) atoms. The van der Waals surface area contributed by atoms with E-state index in [4.69, 9.17) is 5.11 Å². The van der Waals surface area contributed by atoms with Gasteiger partial charge in [-0.3, -0.25) is 9.59 Å². The summed E-state index contributed by atoms with van der Waals surface area (Å²) in [5.74, 6) is -1.96. The predicted octanol–water partition coefficient (Wildman–Crippen LogP) is 1.07. The van der Waals surface area contributed by atoms with Crippen LogP contribution in [0.3, 0.4) is 0 Å². The Bertz CT molecular complexity index is 517. The van der Waals surface area contributed by atoms with Crippen LogP contribution in [0.15, 0.2) is 12.3 Å². The van der Waals surface area contributed by atoms with Crippen molar-refractivity contribution >= 4 is 17.7 Å². The molecule has 6 nitrogen and oxygen atoms in total. The number of aryl methyl sites for hydroxylation is 1. The molecule has 0 aliphatic carbocycles. The number of hydrogen-bond donors (Lipinski definition) is 2. The normalized spacial score (nSPS) is 12.3. The average molecular weight is 266 g/mol.